The maximum atomic E-state index is 5.52. The maximum absolute atomic E-state index is 5.52. The maximum Gasteiger partial charge on any atom is 0.0591 e. The molecule has 1 rings (SSSR count). The van der Waals surface area contributed by atoms with Crippen LogP contribution in [0.5, 0.6) is 0 Å². The molecule has 0 fully saturated rings. The number of halogens is 1. The molecule has 0 aliphatic rings. The molecule has 17 heavy (non-hydrogen) atoms. The van der Waals surface area contributed by atoms with Crippen molar-refractivity contribution in [3.05, 3.63) is 33.4 Å². The Bertz CT molecular complexity index is 300. The molecule has 0 aliphatic carbocycles. The summed E-state index contributed by atoms with van der Waals surface area (Å²) in [5.74, 6) is 0. The van der Waals surface area contributed by atoms with Crippen LogP contribution in [0.3, 0.4) is 0 Å². The van der Waals surface area contributed by atoms with Gasteiger partial charge in [0.1, 0.15) is 0 Å². The van der Waals surface area contributed by atoms with Crippen LogP contribution in [-0.4, -0.2) is 19.8 Å². The molecule has 0 aliphatic heterocycles. The smallest absolute Gasteiger partial charge is 0.0591 e. The van der Waals surface area contributed by atoms with Gasteiger partial charge >= 0.3 is 0 Å². The lowest BCUT2D eigenvalue weighted by Gasteiger charge is -2.14. The zero-order valence-corrected chi connectivity index (χ0v) is 12.9. The van der Waals surface area contributed by atoms with Crippen LogP contribution in [-0.2, 0) is 4.74 Å². The van der Waals surface area contributed by atoms with E-state index >= 15 is 0 Å². The summed E-state index contributed by atoms with van der Waals surface area (Å²) in [6.45, 7) is 6.97. The Kier molecular flexibility index (Phi) is 7.81. The standard InChI is InChI=1S/C14H22INO/c1-3-4-10-17-11-9-16-12(2)13-5-7-14(15)8-6-13/h5-8,12,16H,3-4,9-11H2,1-2H3. The van der Waals surface area contributed by atoms with Crippen LogP contribution in [0.15, 0.2) is 24.3 Å². The fourth-order valence-electron chi connectivity index (χ4n) is 1.57. The SMILES string of the molecule is CCCCOCCNC(C)c1ccc(I)cc1. The Hall–Kier alpha value is -0.130. The highest BCUT2D eigenvalue weighted by molar-refractivity contribution is 14.1. The van der Waals surface area contributed by atoms with Gasteiger partial charge in [0.05, 0.1) is 6.61 Å². The molecule has 96 valence electrons. The van der Waals surface area contributed by atoms with Gasteiger partial charge in [0.2, 0.25) is 0 Å². The van der Waals surface area contributed by atoms with Gasteiger partial charge in [-0.15, -0.1) is 0 Å². The van der Waals surface area contributed by atoms with Crippen LogP contribution >= 0.6 is 22.6 Å². The van der Waals surface area contributed by atoms with Crippen molar-refractivity contribution < 1.29 is 4.74 Å². The summed E-state index contributed by atoms with van der Waals surface area (Å²) in [6, 6.07) is 9.04. The fourth-order valence-corrected chi connectivity index (χ4v) is 1.92. The molecule has 3 heteroatoms. The number of hydrogen-bond donors (Lipinski definition) is 1. The zero-order valence-electron chi connectivity index (χ0n) is 10.7. The monoisotopic (exact) mass is 347 g/mol. The lowest BCUT2D eigenvalue weighted by molar-refractivity contribution is 0.131. The molecule has 0 saturated carbocycles. The number of hydrogen-bond acceptors (Lipinski definition) is 2. The van der Waals surface area contributed by atoms with E-state index in [9.17, 15) is 0 Å². The van der Waals surface area contributed by atoms with Crippen molar-refractivity contribution in [3.63, 3.8) is 0 Å². The van der Waals surface area contributed by atoms with Gasteiger partial charge in [0.15, 0.2) is 0 Å². The molecule has 1 aromatic rings. The average molecular weight is 347 g/mol. The highest BCUT2D eigenvalue weighted by Crippen LogP contribution is 2.13. The van der Waals surface area contributed by atoms with Gasteiger partial charge < -0.3 is 10.1 Å². The van der Waals surface area contributed by atoms with Gasteiger partial charge in [-0.3, -0.25) is 0 Å². The van der Waals surface area contributed by atoms with Crippen molar-refractivity contribution in [1.82, 2.24) is 5.32 Å². The number of ether oxygens (including phenoxy) is 1. The predicted octanol–water partition coefficient (Wildman–Crippen LogP) is 3.76. The van der Waals surface area contributed by atoms with E-state index in [0.29, 0.717) is 6.04 Å². The van der Waals surface area contributed by atoms with E-state index in [1.165, 1.54) is 15.6 Å². The molecule has 0 aromatic heterocycles. The van der Waals surface area contributed by atoms with Crippen molar-refractivity contribution in [3.8, 4) is 0 Å². The molecule has 1 unspecified atom stereocenters. The minimum atomic E-state index is 0.391. The molecule has 0 bridgehead atoms. The third-order valence-corrected chi connectivity index (χ3v) is 3.43. The number of benzene rings is 1. The van der Waals surface area contributed by atoms with Gasteiger partial charge in [-0.05, 0) is 53.6 Å². The van der Waals surface area contributed by atoms with E-state index in [0.717, 1.165) is 26.2 Å². The fraction of sp³-hybridized carbons (Fsp3) is 0.571. The summed E-state index contributed by atoms with van der Waals surface area (Å²) in [6.07, 6.45) is 2.36. The molecule has 0 radical (unpaired) electrons. The summed E-state index contributed by atoms with van der Waals surface area (Å²) < 4.78 is 6.79. The van der Waals surface area contributed by atoms with Crippen LogP contribution < -0.4 is 5.32 Å². The Morgan fingerprint density at radius 1 is 1.24 bits per heavy atom. The second kappa shape index (κ2) is 8.89. The third-order valence-electron chi connectivity index (χ3n) is 2.71. The third kappa shape index (κ3) is 6.38. The first-order valence-corrected chi connectivity index (χ1v) is 7.38. The first-order chi connectivity index (χ1) is 8.24. The van der Waals surface area contributed by atoms with Crippen molar-refractivity contribution in [2.75, 3.05) is 19.8 Å². The molecule has 0 amide bonds. The van der Waals surface area contributed by atoms with E-state index in [1.807, 2.05) is 0 Å². The van der Waals surface area contributed by atoms with Gasteiger partial charge in [-0.2, -0.15) is 0 Å². The molecule has 1 atom stereocenters. The molecule has 2 nitrogen and oxygen atoms in total. The lowest BCUT2D eigenvalue weighted by Crippen LogP contribution is -2.23. The van der Waals surface area contributed by atoms with Crippen molar-refractivity contribution in [1.29, 1.82) is 0 Å². The second-order valence-corrected chi connectivity index (χ2v) is 5.44. The first kappa shape index (κ1) is 14.9. The van der Waals surface area contributed by atoms with Crippen LogP contribution in [0.1, 0.15) is 38.3 Å². The highest BCUT2D eigenvalue weighted by atomic mass is 127. The van der Waals surface area contributed by atoms with Crippen molar-refractivity contribution in [2.45, 2.75) is 32.7 Å². The highest BCUT2D eigenvalue weighted by Gasteiger charge is 2.03. The summed E-state index contributed by atoms with van der Waals surface area (Å²) in [7, 11) is 0. The largest absolute Gasteiger partial charge is 0.380 e. The topological polar surface area (TPSA) is 21.3 Å². The van der Waals surface area contributed by atoms with E-state index in [1.54, 1.807) is 0 Å². The van der Waals surface area contributed by atoms with Crippen LogP contribution in [0.2, 0.25) is 0 Å². The zero-order chi connectivity index (χ0) is 12.5. The summed E-state index contributed by atoms with van der Waals surface area (Å²) in [5.41, 5.74) is 1.33. The van der Waals surface area contributed by atoms with Crippen molar-refractivity contribution in [2.24, 2.45) is 0 Å². The number of unbranched alkanes of at least 4 members (excludes halogenated alkanes) is 1. The Labute approximate surface area is 118 Å². The molecule has 0 heterocycles. The Morgan fingerprint density at radius 3 is 2.59 bits per heavy atom. The number of nitrogens with one attached hydrogen (secondary N) is 1. The molecule has 0 spiro atoms. The number of rotatable bonds is 8. The van der Waals surface area contributed by atoms with Crippen molar-refractivity contribution >= 4 is 22.6 Å². The minimum Gasteiger partial charge on any atom is -0.380 e. The quantitative estimate of drug-likeness (QED) is 0.571. The average Bonchev–Trinajstić information content (AvgIpc) is 2.34. The van der Waals surface area contributed by atoms with Crippen LogP contribution in [0.25, 0.3) is 0 Å². The summed E-state index contributed by atoms with van der Waals surface area (Å²) in [5, 5.41) is 3.47. The van der Waals surface area contributed by atoms with Gasteiger partial charge in [0, 0.05) is 22.8 Å². The van der Waals surface area contributed by atoms with E-state index in [2.05, 4.69) is 66.0 Å². The van der Waals surface area contributed by atoms with E-state index in [-0.39, 0.29) is 0 Å². The Balaban J connectivity index is 2.16. The first-order valence-electron chi connectivity index (χ1n) is 6.30. The van der Waals surface area contributed by atoms with E-state index in [4.69, 9.17) is 4.74 Å². The van der Waals surface area contributed by atoms with Gasteiger partial charge in [-0.1, -0.05) is 25.5 Å². The van der Waals surface area contributed by atoms with E-state index < -0.39 is 0 Å². The second-order valence-electron chi connectivity index (χ2n) is 4.19. The summed E-state index contributed by atoms with van der Waals surface area (Å²) >= 11 is 2.33. The normalized spacial score (nSPS) is 12.6. The molecular weight excluding hydrogens is 325 g/mol. The summed E-state index contributed by atoms with van der Waals surface area (Å²) in [4.78, 5) is 0. The Morgan fingerprint density at radius 2 is 1.94 bits per heavy atom. The molecular formula is C14H22INO. The molecule has 1 aromatic carbocycles. The predicted molar refractivity (Wildman–Crippen MR) is 81.3 cm³/mol. The van der Waals surface area contributed by atoms with Gasteiger partial charge in [-0.25, -0.2) is 0 Å². The minimum absolute atomic E-state index is 0.391. The van der Waals surface area contributed by atoms with Crippen LogP contribution in [0, 0.1) is 3.57 Å². The molecule has 0 saturated heterocycles. The van der Waals surface area contributed by atoms with Crippen LogP contribution in [0.4, 0.5) is 0 Å². The molecule has 1 N–H and O–H groups in total. The lowest BCUT2D eigenvalue weighted by atomic mass is 10.1. The van der Waals surface area contributed by atoms with Gasteiger partial charge in [0.25, 0.3) is 0 Å².